The summed E-state index contributed by atoms with van der Waals surface area (Å²) in [5.74, 6) is 0.224. The van der Waals surface area contributed by atoms with E-state index in [0.717, 1.165) is 24.1 Å². The van der Waals surface area contributed by atoms with Gasteiger partial charge in [0.2, 0.25) is 0 Å². The van der Waals surface area contributed by atoms with Crippen molar-refractivity contribution in [3.05, 3.63) is 27.8 Å². The SMILES string of the molecule is Cc1cc(CC2CCCN2)c(C)c(Cl)c1O. The molecule has 2 N–H and O–H groups in total. The van der Waals surface area contributed by atoms with Crippen LogP contribution in [0.4, 0.5) is 0 Å². The van der Waals surface area contributed by atoms with Crippen molar-refractivity contribution in [2.24, 2.45) is 0 Å². The lowest BCUT2D eigenvalue weighted by Gasteiger charge is -2.15. The summed E-state index contributed by atoms with van der Waals surface area (Å²) >= 11 is 6.10. The van der Waals surface area contributed by atoms with E-state index in [1.165, 1.54) is 18.4 Å². The van der Waals surface area contributed by atoms with E-state index in [9.17, 15) is 5.11 Å². The molecule has 1 heterocycles. The van der Waals surface area contributed by atoms with Crippen molar-refractivity contribution in [2.45, 2.75) is 39.2 Å². The molecular formula is C13H18ClNO. The average Bonchev–Trinajstić information content (AvgIpc) is 2.76. The third-order valence-electron chi connectivity index (χ3n) is 3.41. The summed E-state index contributed by atoms with van der Waals surface area (Å²) in [5.41, 5.74) is 3.13. The third-order valence-corrected chi connectivity index (χ3v) is 3.87. The largest absolute Gasteiger partial charge is 0.506 e. The Hall–Kier alpha value is -0.730. The molecule has 2 rings (SSSR count). The second-order valence-corrected chi connectivity index (χ2v) is 5.02. The number of nitrogens with one attached hydrogen (secondary N) is 1. The van der Waals surface area contributed by atoms with E-state index < -0.39 is 0 Å². The molecule has 1 aromatic carbocycles. The number of benzene rings is 1. The first-order valence-electron chi connectivity index (χ1n) is 5.80. The van der Waals surface area contributed by atoms with Gasteiger partial charge in [-0.25, -0.2) is 0 Å². The Bertz CT molecular complexity index is 397. The monoisotopic (exact) mass is 239 g/mol. The molecule has 1 aliphatic rings. The fraction of sp³-hybridized carbons (Fsp3) is 0.538. The maximum atomic E-state index is 9.72. The summed E-state index contributed by atoms with van der Waals surface area (Å²) in [4.78, 5) is 0. The third kappa shape index (κ3) is 2.18. The highest BCUT2D eigenvalue weighted by molar-refractivity contribution is 6.33. The van der Waals surface area contributed by atoms with Crippen LogP contribution in [-0.4, -0.2) is 17.7 Å². The Labute approximate surface area is 102 Å². The molecule has 1 aliphatic heterocycles. The minimum Gasteiger partial charge on any atom is -0.506 e. The van der Waals surface area contributed by atoms with Crippen LogP contribution in [0.5, 0.6) is 5.75 Å². The number of aryl methyl sites for hydroxylation is 1. The van der Waals surface area contributed by atoms with Crippen molar-refractivity contribution in [2.75, 3.05) is 6.54 Å². The van der Waals surface area contributed by atoms with Gasteiger partial charge < -0.3 is 10.4 Å². The fourth-order valence-electron chi connectivity index (χ4n) is 2.34. The van der Waals surface area contributed by atoms with Crippen LogP contribution in [0.2, 0.25) is 5.02 Å². The van der Waals surface area contributed by atoms with Gasteiger partial charge in [-0.1, -0.05) is 17.7 Å². The molecule has 1 aromatic rings. The van der Waals surface area contributed by atoms with Gasteiger partial charge in [-0.05, 0) is 56.3 Å². The smallest absolute Gasteiger partial charge is 0.137 e. The molecular weight excluding hydrogens is 222 g/mol. The molecule has 0 aromatic heterocycles. The van der Waals surface area contributed by atoms with E-state index in [2.05, 4.69) is 11.4 Å². The van der Waals surface area contributed by atoms with E-state index >= 15 is 0 Å². The molecule has 0 bridgehead atoms. The molecule has 1 fully saturated rings. The second-order valence-electron chi connectivity index (χ2n) is 4.64. The van der Waals surface area contributed by atoms with Gasteiger partial charge in [0.1, 0.15) is 5.75 Å². The Morgan fingerprint density at radius 1 is 1.50 bits per heavy atom. The van der Waals surface area contributed by atoms with Crippen molar-refractivity contribution < 1.29 is 5.11 Å². The highest BCUT2D eigenvalue weighted by Crippen LogP contribution is 2.33. The molecule has 0 saturated carbocycles. The van der Waals surface area contributed by atoms with Crippen LogP contribution < -0.4 is 5.32 Å². The quantitative estimate of drug-likeness (QED) is 0.832. The Morgan fingerprint density at radius 3 is 2.88 bits per heavy atom. The van der Waals surface area contributed by atoms with Gasteiger partial charge in [-0.15, -0.1) is 0 Å². The molecule has 3 heteroatoms. The summed E-state index contributed by atoms with van der Waals surface area (Å²) in [5, 5.41) is 13.7. The zero-order valence-corrected chi connectivity index (χ0v) is 10.6. The summed E-state index contributed by atoms with van der Waals surface area (Å²) in [7, 11) is 0. The van der Waals surface area contributed by atoms with Crippen molar-refractivity contribution >= 4 is 11.6 Å². The molecule has 1 unspecified atom stereocenters. The average molecular weight is 240 g/mol. The number of hydrogen-bond acceptors (Lipinski definition) is 2. The molecule has 88 valence electrons. The number of aromatic hydroxyl groups is 1. The highest BCUT2D eigenvalue weighted by Gasteiger charge is 2.18. The number of rotatable bonds is 2. The van der Waals surface area contributed by atoms with Gasteiger partial charge in [0.25, 0.3) is 0 Å². The van der Waals surface area contributed by atoms with E-state index in [1.54, 1.807) is 0 Å². The number of halogens is 1. The molecule has 0 radical (unpaired) electrons. The molecule has 16 heavy (non-hydrogen) atoms. The fourth-order valence-corrected chi connectivity index (χ4v) is 2.61. The van der Waals surface area contributed by atoms with Crippen molar-refractivity contribution in [3.8, 4) is 5.75 Å². The zero-order valence-electron chi connectivity index (χ0n) is 9.81. The highest BCUT2D eigenvalue weighted by atomic mass is 35.5. The topological polar surface area (TPSA) is 32.3 Å². The first-order chi connectivity index (χ1) is 7.59. The Balaban J connectivity index is 2.26. The molecule has 0 aliphatic carbocycles. The Morgan fingerprint density at radius 2 is 2.25 bits per heavy atom. The maximum Gasteiger partial charge on any atom is 0.137 e. The van der Waals surface area contributed by atoms with Crippen LogP contribution in [0.25, 0.3) is 0 Å². The van der Waals surface area contributed by atoms with Gasteiger partial charge in [-0.2, -0.15) is 0 Å². The molecule has 0 amide bonds. The van der Waals surface area contributed by atoms with Crippen LogP contribution in [0.3, 0.4) is 0 Å². The van der Waals surface area contributed by atoms with Crippen LogP contribution in [0, 0.1) is 13.8 Å². The first kappa shape index (κ1) is 11.7. The molecule has 2 nitrogen and oxygen atoms in total. The second kappa shape index (κ2) is 4.64. The maximum absolute atomic E-state index is 9.72. The zero-order chi connectivity index (χ0) is 11.7. The van der Waals surface area contributed by atoms with Crippen molar-refractivity contribution in [1.29, 1.82) is 0 Å². The van der Waals surface area contributed by atoms with E-state index in [-0.39, 0.29) is 5.75 Å². The number of phenolic OH excluding ortho intramolecular Hbond substituents is 1. The van der Waals surface area contributed by atoms with Gasteiger partial charge >= 0.3 is 0 Å². The van der Waals surface area contributed by atoms with Crippen LogP contribution in [-0.2, 0) is 6.42 Å². The van der Waals surface area contributed by atoms with Crippen molar-refractivity contribution in [3.63, 3.8) is 0 Å². The lowest BCUT2D eigenvalue weighted by Crippen LogP contribution is -2.24. The standard InChI is InChI=1S/C13H18ClNO/c1-8-6-10(7-11-4-3-5-15-11)9(2)12(14)13(8)16/h6,11,15-16H,3-5,7H2,1-2H3. The van der Waals surface area contributed by atoms with Gasteiger partial charge in [0, 0.05) is 6.04 Å². The minimum atomic E-state index is 0.224. The normalized spacial score (nSPS) is 20.3. The predicted octanol–water partition coefficient (Wildman–Crippen LogP) is 2.96. The van der Waals surface area contributed by atoms with Gasteiger partial charge in [-0.3, -0.25) is 0 Å². The summed E-state index contributed by atoms with van der Waals surface area (Å²) in [6, 6.07) is 2.62. The van der Waals surface area contributed by atoms with Gasteiger partial charge in [0.15, 0.2) is 0 Å². The molecule has 1 atom stereocenters. The van der Waals surface area contributed by atoms with Crippen LogP contribution >= 0.6 is 11.6 Å². The lowest BCUT2D eigenvalue weighted by atomic mass is 9.97. The van der Waals surface area contributed by atoms with E-state index in [0.29, 0.717) is 11.1 Å². The number of hydrogen-bond donors (Lipinski definition) is 2. The first-order valence-corrected chi connectivity index (χ1v) is 6.18. The predicted molar refractivity (Wildman–Crippen MR) is 67.3 cm³/mol. The lowest BCUT2D eigenvalue weighted by molar-refractivity contribution is 0.470. The van der Waals surface area contributed by atoms with Crippen molar-refractivity contribution in [1.82, 2.24) is 5.32 Å². The van der Waals surface area contributed by atoms with E-state index in [1.807, 2.05) is 13.8 Å². The molecule has 1 saturated heterocycles. The van der Waals surface area contributed by atoms with Crippen LogP contribution in [0.15, 0.2) is 6.07 Å². The number of phenols is 1. The summed E-state index contributed by atoms with van der Waals surface area (Å²) in [6.45, 7) is 4.99. The molecule has 0 spiro atoms. The van der Waals surface area contributed by atoms with E-state index in [4.69, 9.17) is 11.6 Å². The summed E-state index contributed by atoms with van der Waals surface area (Å²) < 4.78 is 0. The van der Waals surface area contributed by atoms with Gasteiger partial charge in [0.05, 0.1) is 5.02 Å². The summed E-state index contributed by atoms with van der Waals surface area (Å²) in [6.07, 6.45) is 3.50. The Kier molecular flexibility index (Phi) is 3.41. The minimum absolute atomic E-state index is 0.224. The van der Waals surface area contributed by atoms with Crippen LogP contribution in [0.1, 0.15) is 29.5 Å².